The number of anilines is 1. The highest BCUT2D eigenvalue weighted by molar-refractivity contribution is 6.34. The first kappa shape index (κ1) is 44.8. The van der Waals surface area contributed by atoms with Gasteiger partial charge < -0.3 is 34.4 Å². The number of amides is 3. The van der Waals surface area contributed by atoms with E-state index in [-0.39, 0.29) is 70.4 Å². The number of halogens is 4. The second kappa shape index (κ2) is 20.3. The number of hydrogen-bond donors (Lipinski definition) is 1. The summed E-state index contributed by atoms with van der Waals surface area (Å²) in [6.07, 6.45) is 8.60. The van der Waals surface area contributed by atoms with Gasteiger partial charge in [0.25, 0.3) is 5.91 Å². The van der Waals surface area contributed by atoms with Crippen LogP contribution in [-0.2, 0) is 20.9 Å². The number of nitrogens with zero attached hydrogens (tertiary/aromatic N) is 6. The van der Waals surface area contributed by atoms with Crippen LogP contribution in [0.15, 0.2) is 42.7 Å². The third-order valence-corrected chi connectivity index (χ3v) is 12.8. The molecule has 62 heavy (non-hydrogen) atoms. The number of fused-ring (bicyclic) bond motifs is 2. The molecule has 3 amide bonds. The molecule has 12 nitrogen and oxygen atoms in total. The predicted octanol–water partition coefficient (Wildman–Crippen LogP) is 7.29. The van der Waals surface area contributed by atoms with Crippen LogP contribution in [0, 0.1) is 17.5 Å². The van der Waals surface area contributed by atoms with E-state index in [0.717, 1.165) is 75.7 Å². The van der Waals surface area contributed by atoms with E-state index in [1.807, 2.05) is 4.90 Å². The summed E-state index contributed by atoms with van der Waals surface area (Å²) in [5, 5.41) is 2.94. The molecule has 2 saturated heterocycles. The van der Waals surface area contributed by atoms with Crippen molar-refractivity contribution < 1.29 is 37.1 Å². The molecule has 1 atom stereocenters. The molecule has 0 aliphatic carbocycles. The number of ether oxygens (including phenoxy) is 1. The van der Waals surface area contributed by atoms with Gasteiger partial charge in [-0.15, -0.1) is 0 Å². The van der Waals surface area contributed by atoms with Gasteiger partial charge in [-0.2, -0.15) is 0 Å². The highest BCUT2D eigenvalue weighted by atomic mass is 35.5. The smallest absolute Gasteiger partial charge is 0.255 e. The van der Waals surface area contributed by atoms with Gasteiger partial charge in [0.2, 0.25) is 11.8 Å². The van der Waals surface area contributed by atoms with Crippen LogP contribution < -0.4 is 15.0 Å². The molecule has 0 saturated carbocycles. The lowest BCUT2D eigenvalue weighted by molar-refractivity contribution is -0.129. The fraction of sp³-hybridized carbons (Fsp3) is 0.478. The van der Waals surface area contributed by atoms with Gasteiger partial charge in [-0.05, 0) is 99.1 Å². The van der Waals surface area contributed by atoms with Crippen molar-refractivity contribution in [2.75, 3.05) is 64.4 Å². The van der Waals surface area contributed by atoms with Gasteiger partial charge in [-0.25, -0.2) is 23.1 Å². The largest absolute Gasteiger partial charge is 0.493 e. The lowest BCUT2D eigenvalue weighted by Crippen LogP contribution is -2.48. The van der Waals surface area contributed by atoms with Gasteiger partial charge in [0.1, 0.15) is 41.3 Å². The SMILES string of the molecule is CNC(=O)CCC(C=O)N1Cc2c(cc(F)cc2C2CCN(CCCCCCCOc3cccc(F)c3-c3c(Cl)cc4c(N5CCN(C(C)=O)CC5)ncnc4c3F)CC2)C1=O. The van der Waals surface area contributed by atoms with E-state index in [2.05, 4.69) is 20.2 Å². The Hall–Kier alpha value is -5.28. The van der Waals surface area contributed by atoms with E-state index >= 15 is 8.78 Å². The van der Waals surface area contributed by atoms with Crippen molar-refractivity contribution in [2.24, 2.45) is 0 Å². The van der Waals surface area contributed by atoms with E-state index in [1.165, 1.54) is 43.4 Å². The molecule has 0 bridgehead atoms. The van der Waals surface area contributed by atoms with Gasteiger partial charge in [0.05, 0.1) is 23.2 Å². The van der Waals surface area contributed by atoms with Crippen LogP contribution in [-0.4, -0.2) is 114 Å². The number of likely N-dealkylation sites (tertiary alicyclic amines) is 1. The van der Waals surface area contributed by atoms with Gasteiger partial charge in [0.15, 0.2) is 5.82 Å². The molecular weight excluding hydrogens is 823 g/mol. The summed E-state index contributed by atoms with van der Waals surface area (Å²) < 4.78 is 52.7. The number of piperidine rings is 1. The number of piperazine rings is 1. The van der Waals surface area contributed by atoms with Gasteiger partial charge >= 0.3 is 0 Å². The first-order valence-electron chi connectivity index (χ1n) is 21.5. The molecule has 1 unspecified atom stereocenters. The maximum Gasteiger partial charge on any atom is 0.255 e. The predicted molar refractivity (Wildman–Crippen MR) is 231 cm³/mol. The summed E-state index contributed by atoms with van der Waals surface area (Å²) in [5.41, 5.74) is 1.76. The molecule has 0 spiro atoms. The van der Waals surface area contributed by atoms with Gasteiger partial charge in [-0.3, -0.25) is 14.4 Å². The van der Waals surface area contributed by atoms with Crippen molar-refractivity contribution in [3.05, 3.63) is 81.9 Å². The summed E-state index contributed by atoms with van der Waals surface area (Å²) >= 11 is 6.72. The second-order valence-electron chi connectivity index (χ2n) is 16.3. The highest BCUT2D eigenvalue weighted by Gasteiger charge is 2.37. The molecule has 1 aromatic heterocycles. The van der Waals surface area contributed by atoms with Crippen molar-refractivity contribution >= 4 is 52.3 Å². The zero-order valence-electron chi connectivity index (χ0n) is 35.2. The molecule has 3 aromatic carbocycles. The van der Waals surface area contributed by atoms with E-state index in [1.54, 1.807) is 23.1 Å². The Kier molecular flexibility index (Phi) is 14.6. The first-order valence-corrected chi connectivity index (χ1v) is 21.9. The highest BCUT2D eigenvalue weighted by Crippen LogP contribution is 2.43. The number of aldehydes is 1. The molecule has 4 heterocycles. The third kappa shape index (κ3) is 9.83. The van der Waals surface area contributed by atoms with E-state index in [4.69, 9.17) is 16.3 Å². The number of benzene rings is 3. The number of aromatic nitrogens is 2. The fourth-order valence-electron chi connectivity index (χ4n) is 9.07. The van der Waals surface area contributed by atoms with E-state index in [0.29, 0.717) is 55.8 Å². The normalized spacial score (nSPS) is 16.5. The Balaban J connectivity index is 0.871. The molecule has 2 fully saturated rings. The Labute approximate surface area is 364 Å². The average Bonchev–Trinajstić information content (AvgIpc) is 3.60. The average molecular weight is 876 g/mol. The summed E-state index contributed by atoms with van der Waals surface area (Å²) in [5.74, 6) is -1.68. The number of unbranched alkanes of at least 4 members (excludes halogenated alkanes) is 4. The van der Waals surface area contributed by atoms with Crippen molar-refractivity contribution in [3.8, 4) is 16.9 Å². The van der Waals surface area contributed by atoms with Crippen LogP contribution >= 0.6 is 11.6 Å². The summed E-state index contributed by atoms with van der Waals surface area (Å²) in [7, 11) is 1.52. The number of nitrogens with one attached hydrogen (secondary N) is 1. The molecule has 330 valence electrons. The maximum absolute atomic E-state index is 16.3. The zero-order chi connectivity index (χ0) is 43.9. The van der Waals surface area contributed by atoms with Crippen LogP contribution in [0.1, 0.15) is 92.1 Å². The van der Waals surface area contributed by atoms with Crippen LogP contribution in [0.3, 0.4) is 0 Å². The quantitative estimate of drug-likeness (QED) is 0.0860. The standard InChI is InChI=1S/C46H53ClF3N7O5/c1-29(59)55-18-20-56(21-19-55)45-35-25-37(47)41(43(50)44(35)52-28-53-45)42-38(49)9-8-10-39(42)62-22-7-5-3-4-6-15-54-16-13-30(14-17-54)33-23-31(48)24-34-36(33)26-57(46(34)61)32(27-58)11-12-40(60)51-2/h8-10,23-25,27-28,30,32H,3-7,11-22,26H2,1-2H3,(H,51,60). The molecule has 4 aromatic rings. The molecule has 1 N–H and O–H groups in total. The molecule has 7 rings (SSSR count). The summed E-state index contributed by atoms with van der Waals surface area (Å²) in [4.78, 5) is 65.1. The third-order valence-electron chi connectivity index (χ3n) is 12.5. The van der Waals surface area contributed by atoms with Crippen LogP contribution in [0.5, 0.6) is 5.75 Å². The van der Waals surface area contributed by atoms with Crippen LogP contribution in [0.25, 0.3) is 22.0 Å². The molecular formula is C46H53ClF3N7O5. The minimum absolute atomic E-state index is 0.00593. The van der Waals surface area contributed by atoms with E-state index in [9.17, 15) is 23.6 Å². The van der Waals surface area contributed by atoms with Crippen molar-refractivity contribution in [1.29, 1.82) is 0 Å². The number of carbonyl (C=O) groups is 4. The number of hydrogen-bond acceptors (Lipinski definition) is 9. The lowest BCUT2D eigenvalue weighted by Gasteiger charge is -2.35. The Morgan fingerprint density at radius 3 is 2.44 bits per heavy atom. The molecule has 16 heteroatoms. The molecule has 0 radical (unpaired) electrons. The van der Waals surface area contributed by atoms with Crippen LogP contribution in [0.2, 0.25) is 5.02 Å². The van der Waals surface area contributed by atoms with Crippen LogP contribution in [0.4, 0.5) is 19.0 Å². The van der Waals surface area contributed by atoms with Gasteiger partial charge in [-0.1, -0.05) is 36.9 Å². The monoisotopic (exact) mass is 875 g/mol. The molecule has 3 aliphatic heterocycles. The van der Waals surface area contributed by atoms with Crippen molar-refractivity contribution in [2.45, 2.75) is 83.2 Å². The fourth-order valence-corrected chi connectivity index (χ4v) is 9.36. The maximum atomic E-state index is 16.3. The summed E-state index contributed by atoms with van der Waals surface area (Å²) in [6.45, 7) is 6.78. The minimum Gasteiger partial charge on any atom is -0.493 e. The lowest BCUT2D eigenvalue weighted by atomic mass is 9.85. The topological polar surface area (TPSA) is 128 Å². The zero-order valence-corrected chi connectivity index (χ0v) is 36.0. The van der Waals surface area contributed by atoms with Crippen molar-refractivity contribution in [1.82, 2.24) is 30.0 Å². The van der Waals surface area contributed by atoms with Crippen molar-refractivity contribution in [3.63, 3.8) is 0 Å². The minimum atomic E-state index is -0.765. The summed E-state index contributed by atoms with van der Waals surface area (Å²) in [6, 6.07) is 7.99. The Bertz CT molecular complexity index is 2300. The first-order chi connectivity index (χ1) is 30.0. The van der Waals surface area contributed by atoms with Gasteiger partial charge in [0, 0.05) is 69.6 Å². The Morgan fingerprint density at radius 1 is 0.968 bits per heavy atom. The Morgan fingerprint density at radius 2 is 1.71 bits per heavy atom. The number of carbonyl (C=O) groups excluding carboxylic acids is 4. The molecule has 3 aliphatic rings. The number of rotatable bonds is 17. The second-order valence-corrected chi connectivity index (χ2v) is 16.8. The van der Waals surface area contributed by atoms with E-state index < -0.39 is 23.5 Å².